The number of rotatable bonds is 7. The first-order valence-electron chi connectivity index (χ1n) is 7.51. The van der Waals surface area contributed by atoms with E-state index in [1.807, 2.05) is 55.5 Å². The third-order valence-corrected chi connectivity index (χ3v) is 4.02. The standard InChI is InChI=1S/C18H21BrN2O2/c1-13(21-16-7-5-15(19)6-8-16)18(22)20-12-11-14-3-9-17(23-2)10-4-14/h3-10,13,21H,11-12H2,1-2H3,(H,20,22)/t13-/m1/s1. The van der Waals surface area contributed by atoms with Gasteiger partial charge in [0.2, 0.25) is 5.91 Å². The number of hydrogen-bond acceptors (Lipinski definition) is 3. The minimum atomic E-state index is -0.285. The van der Waals surface area contributed by atoms with Crippen molar-refractivity contribution in [2.75, 3.05) is 19.0 Å². The number of hydrogen-bond donors (Lipinski definition) is 2. The van der Waals surface area contributed by atoms with Gasteiger partial charge >= 0.3 is 0 Å². The molecule has 0 saturated carbocycles. The number of halogens is 1. The smallest absolute Gasteiger partial charge is 0.242 e. The number of amides is 1. The molecule has 1 amide bonds. The van der Waals surface area contributed by atoms with Gasteiger partial charge in [-0.3, -0.25) is 4.79 Å². The fourth-order valence-corrected chi connectivity index (χ4v) is 2.40. The molecule has 4 nitrogen and oxygen atoms in total. The first-order chi connectivity index (χ1) is 11.1. The predicted molar refractivity (Wildman–Crippen MR) is 96.9 cm³/mol. The highest BCUT2D eigenvalue weighted by Crippen LogP contribution is 2.15. The van der Waals surface area contributed by atoms with Crippen LogP contribution >= 0.6 is 15.9 Å². The molecule has 0 saturated heterocycles. The molecule has 1 atom stereocenters. The van der Waals surface area contributed by atoms with Gasteiger partial charge in [-0.25, -0.2) is 0 Å². The summed E-state index contributed by atoms with van der Waals surface area (Å²) in [7, 11) is 1.65. The van der Waals surface area contributed by atoms with Crippen molar-refractivity contribution in [3.05, 3.63) is 58.6 Å². The molecule has 0 heterocycles. The Balaban J connectivity index is 1.75. The van der Waals surface area contributed by atoms with E-state index in [2.05, 4.69) is 26.6 Å². The third kappa shape index (κ3) is 5.60. The second-order valence-electron chi connectivity index (χ2n) is 5.26. The van der Waals surface area contributed by atoms with Crippen LogP contribution in [-0.4, -0.2) is 25.6 Å². The predicted octanol–water partition coefficient (Wildman–Crippen LogP) is 3.62. The van der Waals surface area contributed by atoms with Crippen molar-refractivity contribution >= 4 is 27.5 Å². The van der Waals surface area contributed by atoms with Crippen LogP contribution in [0.5, 0.6) is 5.75 Å². The summed E-state index contributed by atoms with van der Waals surface area (Å²) in [6, 6.07) is 15.3. The van der Waals surface area contributed by atoms with Crippen LogP contribution in [0.25, 0.3) is 0 Å². The van der Waals surface area contributed by atoms with Crippen molar-refractivity contribution in [3.63, 3.8) is 0 Å². The lowest BCUT2D eigenvalue weighted by Crippen LogP contribution is -2.38. The van der Waals surface area contributed by atoms with Gasteiger partial charge in [0.15, 0.2) is 0 Å². The Morgan fingerprint density at radius 1 is 1.13 bits per heavy atom. The van der Waals surface area contributed by atoms with Gasteiger partial charge in [-0.2, -0.15) is 0 Å². The molecule has 0 aliphatic rings. The topological polar surface area (TPSA) is 50.4 Å². The zero-order chi connectivity index (χ0) is 16.7. The SMILES string of the molecule is COc1ccc(CCNC(=O)[C@@H](C)Nc2ccc(Br)cc2)cc1. The monoisotopic (exact) mass is 376 g/mol. The van der Waals surface area contributed by atoms with Gasteiger partial charge in [0.25, 0.3) is 0 Å². The molecule has 0 aliphatic carbocycles. The Morgan fingerprint density at radius 2 is 1.78 bits per heavy atom. The molecule has 0 aliphatic heterocycles. The van der Waals surface area contributed by atoms with Crippen LogP contribution in [0.4, 0.5) is 5.69 Å². The van der Waals surface area contributed by atoms with Crippen LogP contribution in [0, 0.1) is 0 Å². The van der Waals surface area contributed by atoms with Crippen molar-refractivity contribution in [2.45, 2.75) is 19.4 Å². The second-order valence-corrected chi connectivity index (χ2v) is 6.18. The van der Waals surface area contributed by atoms with E-state index in [-0.39, 0.29) is 11.9 Å². The highest BCUT2D eigenvalue weighted by Gasteiger charge is 2.11. The molecule has 0 aromatic heterocycles. The molecule has 5 heteroatoms. The van der Waals surface area contributed by atoms with Crippen molar-refractivity contribution in [3.8, 4) is 5.75 Å². The second kappa shape index (κ2) is 8.58. The minimum Gasteiger partial charge on any atom is -0.497 e. The van der Waals surface area contributed by atoms with Gasteiger partial charge in [0.1, 0.15) is 11.8 Å². The maximum atomic E-state index is 12.1. The van der Waals surface area contributed by atoms with Gasteiger partial charge in [-0.15, -0.1) is 0 Å². The van der Waals surface area contributed by atoms with Crippen LogP contribution in [0.3, 0.4) is 0 Å². The van der Waals surface area contributed by atoms with Crippen LogP contribution < -0.4 is 15.4 Å². The van der Waals surface area contributed by atoms with Crippen molar-refractivity contribution in [2.24, 2.45) is 0 Å². The Kier molecular flexibility index (Phi) is 6.47. The molecule has 0 fully saturated rings. The lowest BCUT2D eigenvalue weighted by Gasteiger charge is -2.15. The fourth-order valence-electron chi connectivity index (χ4n) is 2.14. The summed E-state index contributed by atoms with van der Waals surface area (Å²) in [5.74, 6) is 0.825. The van der Waals surface area contributed by atoms with E-state index in [1.165, 1.54) is 5.56 Å². The number of ether oxygens (including phenoxy) is 1. The van der Waals surface area contributed by atoms with E-state index in [1.54, 1.807) is 7.11 Å². The van der Waals surface area contributed by atoms with Crippen LogP contribution in [0.1, 0.15) is 12.5 Å². The van der Waals surface area contributed by atoms with Gasteiger partial charge < -0.3 is 15.4 Å². The summed E-state index contributed by atoms with van der Waals surface area (Å²) in [5, 5.41) is 6.13. The van der Waals surface area contributed by atoms with Gasteiger partial charge in [-0.1, -0.05) is 28.1 Å². The quantitative estimate of drug-likeness (QED) is 0.775. The largest absolute Gasteiger partial charge is 0.497 e. The fraction of sp³-hybridized carbons (Fsp3) is 0.278. The third-order valence-electron chi connectivity index (χ3n) is 3.49. The Labute approximate surface area is 145 Å². The molecular formula is C18H21BrN2O2. The summed E-state index contributed by atoms with van der Waals surface area (Å²) in [5.41, 5.74) is 2.09. The zero-order valence-corrected chi connectivity index (χ0v) is 14.9. The first kappa shape index (κ1) is 17.3. The molecule has 2 aromatic rings. The van der Waals surface area contributed by atoms with E-state index in [0.29, 0.717) is 6.54 Å². The van der Waals surface area contributed by atoms with E-state index >= 15 is 0 Å². The van der Waals surface area contributed by atoms with Crippen LogP contribution in [0.2, 0.25) is 0 Å². The van der Waals surface area contributed by atoms with Gasteiger partial charge in [-0.05, 0) is 55.3 Å². The number of methoxy groups -OCH3 is 1. The number of anilines is 1. The average molecular weight is 377 g/mol. The van der Waals surface area contributed by atoms with Crippen LogP contribution in [-0.2, 0) is 11.2 Å². The van der Waals surface area contributed by atoms with E-state index < -0.39 is 0 Å². The summed E-state index contributed by atoms with van der Waals surface area (Å²) in [6.07, 6.45) is 0.792. The summed E-state index contributed by atoms with van der Waals surface area (Å²) in [6.45, 7) is 2.46. The molecule has 23 heavy (non-hydrogen) atoms. The van der Waals surface area contributed by atoms with Gasteiger partial charge in [0, 0.05) is 16.7 Å². The Hall–Kier alpha value is -2.01. The van der Waals surface area contributed by atoms with E-state index in [4.69, 9.17) is 4.74 Å². The van der Waals surface area contributed by atoms with Crippen molar-refractivity contribution < 1.29 is 9.53 Å². The molecule has 0 unspecified atom stereocenters. The summed E-state index contributed by atoms with van der Waals surface area (Å²) < 4.78 is 6.14. The normalized spacial score (nSPS) is 11.6. The number of nitrogens with one attached hydrogen (secondary N) is 2. The summed E-state index contributed by atoms with van der Waals surface area (Å²) in [4.78, 5) is 12.1. The van der Waals surface area contributed by atoms with Gasteiger partial charge in [0.05, 0.1) is 7.11 Å². The molecule has 122 valence electrons. The molecule has 2 N–H and O–H groups in total. The molecule has 2 aromatic carbocycles. The molecule has 0 spiro atoms. The lowest BCUT2D eigenvalue weighted by molar-refractivity contribution is -0.121. The number of carbonyl (C=O) groups excluding carboxylic acids is 1. The molecular weight excluding hydrogens is 356 g/mol. The Bertz CT molecular complexity index is 626. The molecule has 2 rings (SSSR count). The molecule has 0 radical (unpaired) electrons. The molecule has 0 bridgehead atoms. The zero-order valence-electron chi connectivity index (χ0n) is 13.3. The lowest BCUT2D eigenvalue weighted by atomic mass is 10.1. The van der Waals surface area contributed by atoms with E-state index in [0.717, 1.165) is 22.3 Å². The number of carbonyl (C=O) groups is 1. The van der Waals surface area contributed by atoms with Crippen molar-refractivity contribution in [1.82, 2.24) is 5.32 Å². The van der Waals surface area contributed by atoms with E-state index in [9.17, 15) is 4.79 Å². The first-order valence-corrected chi connectivity index (χ1v) is 8.30. The van der Waals surface area contributed by atoms with Crippen LogP contribution in [0.15, 0.2) is 53.0 Å². The maximum absolute atomic E-state index is 12.1. The highest BCUT2D eigenvalue weighted by molar-refractivity contribution is 9.10. The maximum Gasteiger partial charge on any atom is 0.242 e. The average Bonchev–Trinajstić information content (AvgIpc) is 2.57. The minimum absolute atomic E-state index is 0.0126. The summed E-state index contributed by atoms with van der Waals surface area (Å²) >= 11 is 3.39. The van der Waals surface area contributed by atoms with Crippen molar-refractivity contribution in [1.29, 1.82) is 0 Å². The number of benzene rings is 2. The Morgan fingerprint density at radius 3 is 2.39 bits per heavy atom. The highest BCUT2D eigenvalue weighted by atomic mass is 79.9.